The van der Waals surface area contributed by atoms with Crippen molar-refractivity contribution < 1.29 is 4.79 Å². The van der Waals surface area contributed by atoms with E-state index in [-0.39, 0.29) is 18.0 Å². The van der Waals surface area contributed by atoms with Crippen LogP contribution in [0.3, 0.4) is 0 Å². The number of halogens is 1. The summed E-state index contributed by atoms with van der Waals surface area (Å²) < 4.78 is 1.54. The quantitative estimate of drug-likeness (QED) is 0.492. The summed E-state index contributed by atoms with van der Waals surface area (Å²) in [6, 6.07) is 12.2. The van der Waals surface area contributed by atoms with Gasteiger partial charge in [0.15, 0.2) is 0 Å². The van der Waals surface area contributed by atoms with E-state index in [4.69, 9.17) is 11.6 Å². The molecule has 0 radical (unpaired) electrons. The van der Waals surface area contributed by atoms with Gasteiger partial charge in [-0.25, -0.2) is 14.6 Å². The third-order valence-electron chi connectivity index (χ3n) is 4.39. The van der Waals surface area contributed by atoms with E-state index in [1.165, 1.54) is 12.7 Å². The van der Waals surface area contributed by atoms with Crippen molar-refractivity contribution in [2.45, 2.75) is 6.54 Å². The number of fused-ring (bicyclic) bond motifs is 1. The Morgan fingerprint density at radius 3 is 2.90 bits per heavy atom. The van der Waals surface area contributed by atoms with Gasteiger partial charge in [-0.05, 0) is 37.4 Å². The zero-order chi connectivity index (χ0) is 21.1. The number of nitrogens with zero attached hydrogens (tertiary/aromatic N) is 5. The Kier molecular flexibility index (Phi) is 5.55. The fraction of sp³-hybridized carbons (Fsp3) is 0.150. The molecule has 2 aromatic carbocycles. The molecule has 0 fully saturated rings. The Hall–Kier alpha value is -3.56. The summed E-state index contributed by atoms with van der Waals surface area (Å²) >= 11 is 6.09. The molecule has 10 heteroatoms. The molecule has 0 atom stereocenters. The number of aromatic amines is 1. The van der Waals surface area contributed by atoms with Crippen LogP contribution in [0.25, 0.3) is 16.6 Å². The van der Waals surface area contributed by atoms with Crippen LogP contribution in [0.1, 0.15) is 5.82 Å². The first-order valence-electron chi connectivity index (χ1n) is 9.10. The number of carbonyl (C=O) groups excluding carboxylic acids is 1. The Labute approximate surface area is 176 Å². The fourth-order valence-corrected chi connectivity index (χ4v) is 3.27. The van der Waals surface area contributed by atoms with Gasteiger partial charge in [0, 0.05) is 5.02 Å². The van der Waals surface area contributed by atoms with E-state index >= 15 is 0 Å². The van der Waals surface area contributed by atoms with Crippen molar-refractivity contribution in [1.29, 1.82) is 0 Å². The van der Waals surface area contributed by atoms with Crippen molar-refractivity contribution in [2.24, 2.45) is 0 Å². The maximum Gasteiger partial charge on any atom is 0.258 e. The molecule has 0 saturated carbocycles. The van der Waals surface area contributed by atoms with Gasteiger partial charge in [-0.15, -0.1) is 0 Å². The van der Waals surface area contributed by atoms with Crippen molar-refractivity contribution >= 4 is 34.1 Å². The molecular weight excluding hydrogens is 406 g/mol. The summed E-state index contributed by atoms with van der Waals surface area (Å²) in [6.45, 7) is 0.388. The topological polar surface area (TPSA) is 109 Å². The van der Waals surface area contributed by atoms with Crippen LogP contribution in [0.5, 0.6) is 0 Å². The lowest BCUT2D eigenvalue weighted by atomic mass is 10.2. The first-order chi connectivity index (χ1) is 14.5. The van der Waals surface area contributed by atoms with Gasteiger partial charge in [0.2, 0.25) is 5.91 Å². The smallest absolute Gasteiger partial charge is 0.258 e. The second kappa shape index (κ2) is 8.44. The number of amides is 1. The summed E-state index contributed by atoms with van der Waals surface area (Å²) in [5.41, 5.74) is 1.58. The molecule has 0 aliphatic heterocycles. The van der Waals surface area contributed by atoms with Crippen molar-refractivity contribution in [3.8, 4) is 5.69 Å². The standard InChI is InChI=1S/C20H18ClN7O2/c1-27(9-18-24-15-5-3-2-4-14(15)20(30)26-18)10-19(29)25-16-8-13(21)6-7-17(16)28-12-22-11-23-28/h2-8,11-12H,9-10H2,1H3,(H,25,29)(H,24,26,30). The monoisotopic (exact) mass is 423 g/mol. The van der Waals surface area contributed by atoms with Gasteiger partial charge < -0.3 is 10.3 Å². The molecular formula is C20H18ClN7O2. The van der Waals surface area contributed by atoms with Crippen LogP contribution in [0.4, 0.5) is 5.69 Å². The van der Waals surface area contributed by atoms with Gasteiger partial charge >= 0.3 is 0 Å². The number of carbonyl (C=O) groups is 1. The van der Waals surface area contributed by atoms with E-state index in [0.717, 1.165) is 0 Å². The first-order valence-corrected chi connectivity index (χ1v) is 9.48. The van der Waals surface area contributed by atoms with Crippen LogP contribution < -0.4 is 10.9 Å². The number of benzene rings is 2. The van der Waals surface area contributed by atoms with Crippen molar-refractivity contribution in [3.63, 3.8) is 0 Å². The minimum Gasteiger partial charge on any atom is -0.323 e. The van der Waals surface area contributed by atoms with Crippen LogP contribution in [0.2, 0.25) is 5.02 Å². The van der Waals surface area contributed by atoms with Crippen molar-refractivity contribution in [3.05, 3.63) is 76.3 Å². The third kappa shape index (κ3) is 4.37. The molecule has 0 unspecified atom stereocenters. The van der Waals surface area contributed by atoms with Gasteiger partial charge in [-0.3, -0.25) is 14.5 Å². The fourth-order valence-electron chi connectivity index (χ4n) is 3.10. The zero-order valence-electron chi connectivity index (χ0n) is 16.0. The lowest BCUT2D eigenvalue weighted by Gasteiger charge is -2.17. The average molecular weight is 424 g/mol. The molecule has 1 amide bonds. The lowest BCUT2D eigenvalue weighted by Crippen LogP contribution is -2.31. The number of rotatable bonds is 6. The second-order valence-corrected chi connectivity index (χ2v) is 7.19. The number of hydrogen-bond acceptors (Lipinski definition) is 6. The van der Waals surface area contributed by atoms with Gasteiger partial charge in [0.25, 0.3) is 5.56 Å². The Morgan fingerprint density at radius 1 is 1.27 bits per heavy atom. The number of nitrogens with one attached hydrogen (secondary N) is 2. The highest BCUT2D eigenvalue weighted by Gasteiger charge is 2.13. The van der Waals surface area contributed by atoms with E-state index in [2.05, 4.69) is 25.4 Å². The molecule has 0 aliphatic rings. The van der Waals surface area contributed by atoms with Crippen LogP contribution in [0, 0.1) is 0 Å². The van der Waals surface area contributed by atoms with Crippen LogP contribution in [-0.2, 0) is 11.3 Å². The Morgan fingerprint density at radius 2 is 2.10 bits per heavy atom. The van der Waals surface area contributed by atoms with Crippen LogP contribution in [-0.4, -0.2) is 49.1 Å². The van der Waals surface area contributed by atoms with E-state index in [0.29, 0.717) is 39.7 Å². The summed E-state index contributed by atoms with van der Waals surface area (Å²) in [7, 11) is 1.77. The maximum atomic E-state index is 12.6. The molecule has 9 nitrogen and oxygen atoms in total. The van der Waals surface area contributed by atoms with Gasteiger partial charge in [0.05, 0.1) is 35.4 Å². The average Bonchev–Trinajstić information content (AvgIpc) is 3.22. The molecule has 30 heavy (non-hydrogen) atoms. The molecule has 0 spiro atoms. The second-order valence-electron chi connectivity index (χ2n) is 6.75. The predicted molar refractivity (Wildman–Crippen MR) is 114 cm³/mol. The summed E-state index contributed by atoms with van der Waals surface area (Å²) in [5.74, 6) is 0.240. The van der Waals surface area contributed by atoms with E-state index in [9.17, 15) is 9.59 Å². The number of aromatic nitrogens is 5. The lowest BCUT2D eigenvalue weighted by molar-refractivity contribution is -0.117. The normalized spacial score (nSPS) is 11.2. The minimum atomic E-state index is -0.246. The summed E-state index contributed by atoms with van der Waals surface area (Å²) in [5, 5.41) is 7.96. The summed E-state index contributed by atoms with van der Waals surface area (Å²) in [6.07, 6.45) is 2.94. The van der Waals surface area contributed by atoms with E-state index < -0.39 is 0 Å². The number of likely N-dealkylation sites (N-methyl/N-ethyl adjacent to an activating group) is 1. The van der Waals surface area contributed by atoms with Crippen LogP contribution >= 0.6 is 11.6 Å². The zero-order valence-corrected chi connectivity index (χ0v) is 16.8. The van der Waals surface area contributed by atoms with E-state index in [1.807, 2.05) is 6.07 Å². The molecule has 152 valence electrons. The number of H-pyrrole nitrogens is 1. The molecule has 0 bridgehead atoms. The molecule has 2 heterocycles. The van der Waals surface area contributed by atoms with Gasteiger partial charge in [0.1, 0.15) is 18.5 Å². The van der Waals surface area contributed by atoms with Gasteiger partial charge in [-0.1, -0.05) is 23.7 Å². The number of hydrogen-bond donors (Lipinski definition) is 2. The Balaban J connectivity index is 1.46. The van der Waals surface area contributed by atoms with Gasteiger partial charge in [-0.2, -0.15) is 5.10 Å². The molecule has 0 saturated heterocycles. The first kappa shape index (κ1) is 19.7. The molecule has 4 aromatic rings. The molecule has 2 aromatic heterocycles. The predicted octanol–water partition coefficient (Wildman–Crippen LogP) is 2.23. The molecule has 2 N–H and O–H groups in total. The maximum absolute atomic E-state index is 12.6. The molecule has 0 aliphatic carbocycles. The SMILES string of the molecule is CN(CC(=O)Nc1cc(Cl)ccc1-n1cncn1)Cc1nc2ccccc2c(=O)[nH]1. The van der Waals surface area contributed by atoms with Crippen LogP contribution in [0.15, 0.2) is 59.9 Å². The highest BCUT2D eigenvalue weighted by atomic mass is 35.5. The Bertz CT molecular complexity index is 1250. The minimum absolute atomic E-state index is 0.0832. The number of anilines is 1. The van der Waals surface area contributed by atoms with E-state index in [1.54, 1.807) is 53.0 Å². The number of para-hydroxylation sites is 1. The highest BCUT2D eigenvalue weighted by molar-refractivity contribution is 6.31. The van der Waals surface area contributed by atoms with Crippen molar-refractivity contribution in [1.82, 2.24) is 29.6 Å². The summed E-state index contributed by atoms with van der Waals surface area (Å²) in [4.78, 5) is 37.7. The highest BCUT2D eigenvalue weighted by Crippen LogP contribution is 2.24. The third-order valence-corrected chi connectivity index (χ3v) is 4.63. The van der Waals surface area contributed by atoms with Crippen molar-refractivity contribution in [2.75, 3.05) is 18.9 Å². The molecule has 4 rings (SSSR count). The largest absolute Gasteiger partial charge is 0.323 e.